The summed E-state index contributed by atoms with van der Waals surface area (Å²) in [6.07, 6.45) is 6.22. The van der Waals surface area contributed by atoms with E-state index in [1.54, 1.807) is 14.2 Å². The highest BCUT2D eigenvalue weighted by atomic mass is 16.7. The topological polar surface area (TPSA) is 21.7 Å². The minimum absolute atomic E-state index is 0.0446. The first kappa shape index (κ1) is 12.9. The minimum atomic E-state index is -0.0446. The van der Waals surface area contributed by atoms with Crippen LogP contribution in [0.15, 0.2) is 0 Å². The number of hydrogen-bond donors (Lipinski definition) is 0. The van der Waals surface area contributed by atoms with Crippen LogP contribution in [0.3, 0.4) is 0 Å². The van der Waals surface area contributed by atoms with Crippen LogP contribution in [-0.2, 0) is 9.47 Å². The first-order chi connectivity index (χ1) is 7.31. The predicted molar refractivity (Wildman–Crippen MR) is 61.9 cm³/mol. The van der Waals surface area contributed by atoms with Crippen LogP contribution in [0.1, 0.15) is 39.0 Å². The molecule has 1 atom stereocenters. The number of piperidine rings is 1. The molecule has 0 N–H and O–H groups in total. The van der Waals surface area contributed by atoms with Crippen LogP contribution in [0, 0.1) is 0 Å². The number of hydrogen-bond acceptors (Lipinski definition) is 3. The van der Waals surface area contributed by atoms with Crippen molar-refractivity contribution < 1.29 is 9.47 Å². The van der Waals surface area contributed by atoms with Crippen molar-refractivity contribution in [1.82, 2.24) is 4.90 Å². The van der Waals surface area contributed by atoms with Crippen molar-refractivity contribution in [3.05, 3.63) is 0 Å². The molecule has 0 aromatic carbocycles. The first-order valence-corrected chi connectivity index (χ1v) is 6.11. The zero-order valence-electron chi connectivity index (χ0n) is 10.4. The zero-order valence-corrected chi connectivity index (χ0v) is 10.4. The lowest BCUT2D eigenvalue weighted by molar-refractivity contribution is -0.118. The summed E-state index contributed by atoms with van der Waals surface area (Å²) in [7, 11) is 3.44. The van der Waals surface area contributed by atoms with Crippen LogP contribution >= 0.6 is 0 Å². The summed E-state index contributed by atoms with van der Waals surface area (Å²) >= 11 is 0. The van der Waals surface area contributed by atoms with Gasteiger partial charge in [-0.25, -0.2) is 0 Å². The summed E-state index contributed by atoms with van der Waals surface area (Å²) in [5.74, 6) is 0. The largest absolute Gasteiger partial charge is 0.356 e. The van der Waals surface area contributed by atoms with Crippen LogP contribution in [-0.4, -0.2) is 44.5 Å². The Morgan fingerprint density at radius 3 is 2.13 bits per heavy atom. The maximum absolute atomic E-state index is 5.27. The summed E-state index contributed by atoms with van der Waals surface area (Å²) in [6.45, 7) is 4.75. The van der Waals surface area contributed by atoms with E-state index in [4.69, 9.17) is 9.47 Å². The molecule has 90 valence electrons. The molecule has 0 bridgehead atoms. The van der Waals surface area contributed by atoms with Crippen LogP contribution in [0.2, 0.25) is 0 Å². The lowest BCUT2D eigenvalue weighted by Gasteiger charge is -2.35. The number of likely N-dealkylation sites (tertiary alicyclic amines) is 1. The van der Waals surface area contributed by atoms with Crippen molar-refractivity contribution in [2.45, 2.75) is 51.4 Å². The summed E-state index contributed by atoms with van der Waals surface area (Å²) < 4.78 is 10.5. The smallest absolute Gasteiger partial charge is 0.158 e. The third-order valence-electron chi connectivity index (χ3n) is 3.37. The normalized spacial score (nSPS) is 20.8. The molecule has 0 radical (unpaired) electrons. The summed E-state index contributed by atoms with van der Waals surface area (Å²) in [6, 6.07) is 0.621. The van der Waals surface area contributed by atoms with Gasteiger partial charge in [-0.15, -0.1) is 0 Å². The molecule has 0 spiro atoms. The third kappa shape index (κ3) is 4.09. The van der Waals surface area contributed by atoms with E-state index in [-0.39, 0.29) is 6.29 Å². The van der Waals surface area contributed by atoms with Crippen molar-refractivity contribution in [3.63, 3.8) is 0 Å². The van der Waals surface area contributed by atoms with Crippen LogP contribution in [0.5, 0.6) is 0 Å². The zero-order chi connectivity index (χ0) is 11.1. The Morgan fingerprint density at radius 1 is 1.07 bits per heavy atom. The number of ether oxygens (including phenoxy) is 2. The van der Waals surface area contributed by atoms with Gasteiger partial charge in [-0.2, -0.15) is 0 Å². The van der Waals surface area contributed by atoms with E-state index < -0.39 is 0 Å². The Hall–Kier alpha value is -0.120. The molecule has 1 aliphatic heterocycles. The second-order valence-corrected chi connectivity index (χ2v) is 4.30. The molecule has 3 nitrogen and oxygen atoms in total. The van der Waals surface area contributed by atoms with Gasteiger partial charge in [-0.1, -0.05) is 13.3 Å². The molecule has 1 rings (SSSR count). The molecular weight excluding hydrogens is 190 g/mol. The summed E-state index contributed by atoms with van der Waals surface area (Å²) in [4.78, 5) is 2.59. The number of rotatable bonds is 6. The van der Waals surface area contributed by atoms with Gasteiger partial charge in [-0.05, 0) is 32.4 Å². The van der Waals surface area contributed by atoms with E-state index in [1.807, 2.05) is 0 Å². The maximum atomic E-state index is 5.27. The van der Waals surface area contributed by atoms with E-state index in [0.717, 1.165) is 6.42 Å². The molecule has 1 fully saturated rings. The van der Waals surface area contributed by atoms with Crippen LogP contribution in [0.4, 0.5) is 0 Å². The van der Waals surface area contributed by atoms with E-state index in [0.29, 0.717) is 6.04 Å². The summed E-state index contributed by atoms with van der Waals surface area (Å²) in [5.41, 5.74) is 0. The molecule has 1 unspecified atom stereocenters. The lowest BCUT2D eigenvalue weighted by Crippen LogP contribution is -2.41. The van der Waals surface area contributed by atoms with Gasteiger partial charge in [0.2, 0.25) is 0 Å². The van der Waals surface area contributed by atoms with Gasteiger partial charge in [0.25, 0.3) is 0 Å². The quantitative estimate of drug-likeness (QED) is 0.634. The molecule has 0 saturated carbocycles. The average Bonchev–Trinajstić information content (AvgIpc) is 2.32. The summed E-state index contributed by atoms with van der Waals surface area (Å²) in [5, 5.41) is 0. The van der Waals surface area contributed by atoms with E-state index in [9.17, 15) is 0 Å². The Balaban J connectivity index is 2.38. The Kier molecular flexibility index (Phi) is 6.22. The van der Waals surface area contributed by atoms with Gasteiger partial charge in [-0.3, -0.25) is 0 Å². The molecule has 1 aliphatic rings. The predicted octanol–water partition coefficient (Wildman–Crippen LogP) is 2.26. The second-order valence-electron chi connectivity index (χ2n) is 4.30. The van der Waals surface area contributed by atoms with Crippen molar-refractivity contribution in [1.29, 1.82) is 0 Å². The van der Waals surface area contributed by atoms with Crippen molar-refractivity contribution in [2.24, 2.45) is 0 Å². The highest BCUT2D eigenvalue weighted by Crippen LogP contribution is 2.18. The van der Waals surface area contributed by atoms with Gasteiger partial charge in [0.1, 0.15) is 0 Å². The number of methoxy groups -OCH3 is 2. The highest BCUT2D eigenvalue weighted by Gasteiger charge is 2.22. The van der Waals surface area contributed by atoms with Crippen molar-refractivity contribution in [2.75, 3.05) is 27.3 Å². The lowest BCUT2D eigenvalue weighted by atomic mass is 10.0. The molecule has 15 heavy (non-hydrogen) atoms. The molecule has 3 heteroatoms. The van der Waals surface area contributed by atoms with Gasteiger partial charge in [0, 0.05) is 26.7 Å². The third-order valence-corrected chi connectivity index (χ3v) is 3.37. The van der Waals surface area contributed by atoms with E-state index in [1.165, 1.54) is 38.8 Å². The standard InChI is InChI=1S/C12H25NO2/c1-4-11(10-12(14-2)15-3)13-8-6-5-7-9-13/h11-12H,4-10H2,1-3H3. The molecular formula is C12H25NO2. The highest BCUT2D eigenvalue weighted by molar-refractivity contribution is 4.74. The van der Waals surface area contributed by atoms with Gasteiger partial charge < -0.3 is 14.4 Å². The average molecular weight is 215 g/mol. The maximum Gasteiger partial charge on any atom is 0.158 e. The van der Waals surface area contributed by atoms with Gasteiger partial charge in [0.15, 0.2) is 6.29 Å². The molecule has 0 amide bonds. The van der Waals surface area contributed by atoms with Crippen LogP contribution in [0.25, 0.3) is 0 Å². The minimum Gasteiger partial charge on any atom is -0.356 e. The first-order valence-electron chi connectivity index (χ1n) is 6.11. The Morgan fingerprint density at radius 2 is 1.67 bits per heavy atom. The molecule has 0 aromatic rings. The molecule has 1 heterocycles. The van der Waals surface area contributed by atoms with E-state index >= 15 is 0 Å². The van der Waals surface area contributed by atoms with E-state index in [2.05, 4.69) is 11.8 Å². The fourth-order valence-electron chi connectivity index (χ4n) is 2.37. The number of nitrogens with zero attached hydrogens (tertiary/aromatic N) is 1. The Bertz CT molecular complexity index is 154. The SMILES string of the molecule is CCC(CC(OC)OC)N1CCCCC1. The van der Waals surface area contributed by atoms with Gasteiger partial charge in [0.05, 0.1) is 0 Å². The fourth-order valence-corrected chi connectivity index (χ4v) is 2.37. The monoisotopic (exact) mass is 215 g/mol. The second kappa shape index (κ2) is 7.20. The fraction of sp³-hybridized carbons (Fsp3) is 1.00. The molecule has 0 aliphatic carbocycles. The van der Waals surface area contributed by atoms with Gasteiger partial charge >= 0.3 is 0 Å². The van der Waals surface area contributed by atoms with Crippen molar-refractivity contribution in [3.8, 4) is 0 Å². The molecule has 0 aromatic heterocycles. The van der Waals surface area contributed by atoms with Crippen molar-refractivity contribution >= 4 is 0 Å². The Labute approximate surface area is 93.7 Å². The molecule has 1 saturated heterocycles. The van der Waals surface area contributed by atoms with Crippen LogP contribution < -0.4 is 0 Å².